The smallest absolute Gasteiger partial charge is 0.329 e. The van der Waals surface area contributed by atoms with Gasteiger partial charge >= 0.3 is 6.03 Å². The number of terminal acetylenes is 1. The van der Waals surface area contributed by atoms with E-state index in [1.807, 2.05) is 0 Å². The first-order chi connectivity index (χ1) is 13.9. The molecule has 0 unspecified atom stereocenters. The molecule has 1 heterocycles. The van der Waals surface area contributed by atoms with E-state index in [0.717, 1.165) is 4.90 Å². The van der Waals surface area contributed by atoms with E-state index in [9.17, 15) is 14.0 Å². The molecular weight excluding hydrogens is 443 g/mol. The number of methoxy groups -OCH3 is 1. The summed E-state index contributed by atoms with van der Waals surface area (Å²) in [7, 11) is 1.47. The van der Waals surface area contributed by atoms with Crippen LogP contribution in [0.15, 0.2) is 46.6 Å². The van der Waals surface area contributed by atoms with Crippen LogP contribution >= 0.6 is 15.9 Å². The van der Waals surface area contributed by atoms with Crippen molar-refractivity contribution in [2.45, 2.75) is 6.54 Å². The zero-order chi connectivity index (χ0) is 21.0. The van der Waals surface area contributed by atoms with Crippen molar-refractivity contribution in [3.05, 3.63) is 63.5 Å². The highest BCUT2D eigenvalue weighted by Gasteiger charge is 2.34. The van der Waals surface area contributed by atoms with E-state index in [2.05, 4.69) is 27.2 Å². The molecule has 0 atom stereocenters. The second-order valence-corrected chi connectivity index (χ2v) is 6.85. The quantitative estimate of drug-likeness (QED) is 0.407. The van der Waals surface area contributed by atoms with Crippen molar-refractivity contribution in [1.29, 1.82) is 0 Å². The second-order valence-electron chi connectivity index (χ2n) is 6.00. The van der Waals surface area contributed by atoms with Crippen LogP contribution < -0.4 is 14.8 Å². The highest BCUT2D eigenvalue weighted by Crippen LogP contribution is 2.37. The topological polar surface area (TPSA) is 67.9 Å². The number of carbonyl (C=O) groups is 2. The fourth-order valence-corrected chi connectivity index (χ4v) is 3.33. The fourth-order valence-electron chi connectivity index (χ4n) is 2.76. The lowest BCUT2D eigenvalue weighted by Crippen LogP contribution is -2.30. The number of halogens is 2. The van der Waals surface area contributed by atoms with E-state index in [1.54, 1.807) is 18.2 Å². The molecule has 1 aliphatic rings. The van der Waals surface area contributed by atoms with Crippen LogP contribution in [0.2, 0.25) is 0 Å². The molecule has 8 heteroatoms. The first kappa shape index (κ1) is 20.4. The Bertz CT molecular complexity index is 1050. The van der Waals surface area contributed by atoms with Gasteiger partial charge in [0.25, 0.3) is 5.91 Å². The molecule has 29 heavy (non-hydrogen) atoms. The maximum absolute atomic E-state index is 13.9. The van der Waals surface area contributed by atoms with Crippen molar-refractivity contribution in [3.63, 3.8) is 0 Å². The Labute approximate surface area is 175 Å². The maximum Gasteiger partial charge on any atom is 0.329 e. The Morgan fingerprint density at radius 3 is 2.76 bits per heavy atom. The summed E-state index contributed by atoms with van der Waals surface area (Å²) < 4.78 is 25.2. The van der Waals surface area contributed by atoms with Gasteiger partial charge in [0.2, 0.25) is 0 Å². The Morgan fingerprint density at radius 1 is 1.31 bits per heavy atom. The van der Waals surface area contributed by atoms with E-state index in [0.29, 0.717) is 21.5 Å². The van der Waals surface area contributed by atoms with Gasteiger partial charge in [0.05, 0.1) is 18.1 Å². The highest BCUT2D eigenvalue weighted by molar-refractivity contribution is 9.10. The molecule has 0 aliphatic carbocycles. The van der Waals surface area contributed by atoms with Gasteiger partial charge in [-0.05, 0) is 45.8 Å². The molecule has 1 N–H and O–H groups in total. The highest BCUT2D eigenvalue weighted by atomic mass is 79.9. The van der Waals surface area contributed by atoms with Gasteiger partial charge in [-0.1, -0.05) is 24.1 Å². The predicted octanol–water partition coefficient (Wildman–Crippen LogP) is 3.70. The molecule has 3 rings (SSSR count). The van der Waals surface area contributed by atoms with Crippen LogP contribution in [0, 0.1) is 18.2 Å². The third-order valence-electron chi connectivity index (χ3n) is 4.11. The molecule has 0 spiro atoms. The second kappa shape index (κ2) is 8.80. The minimum absolute atomic E-state index is 0.0644. The van der Waals surface area contributed by atoms with Crippen molar-refractivity contribution in [2.24, 2.45) is 0 Å². The summed E-state index contributed by atoms with van der Waals surface area (Å²) in [6, 6.07) is 8.69. The molecule has 3 amide bonds. The number of nitrogens with one attached hydrogen (secondary N) is 1. The Morgan fingerprint density at radius 2 is 2.07 bits per heavy atom. The van der Waals surface area contributed by atoms with Crippen molar-refractivity contribution in [3.8, 4) is 23.8 Å². The molecule has 6 nitrogen and oxygen atoms in total. The van der Waals surface area contributed by atoms with Crippen LogP contribution in [0.25, 0.3) is 6.08 Å². The number of urea groups is 1. The van der Waals surface area contributed by atoms with E-state index < -0.39 is 17.8 Å². The Balaban J connectivity index is 1.87. The summed E-state index contributed by atoms with van der Waals surface area (Å²) in [4.78, 5) is 25.8. The zero-order valence-corrected chi connectivity index (χ0v) is 17.0. The number of ether oxygens (including phenoxy) is 2. The van der Waals surface area contributed by atoms with E-state index >= 15 is 0 Å². The van der Waals surface area contributed by atoms with Gasteiger partial charge in [-0.25, -0.2) is 9.18 Å². The lowest BCUT2D eigenvalue weighted by atomic mass is 10.1. The summed E-state index contributed by atoms with van der Waals surface area (Å²) in [5.74, 6) is 2.16. The average molecular weight is 459 g/mol. The molecule has 1 saturated heterocycles. The number of nitrogens with zero attached hydrogens (tertiary/aromatic N) is 1. The molecule has 2 aromatic carbocycles. The van der Waals surface area contributed by atoms with Crippen molar-refractivity contribution in [1.82, 2.24) is 10.2 Å². The van der Waals surface area contributed by atoms with Crippen molar-refractivity contribution in [2.75, 3.05) is 13.7 Å². The number of hydrogen-bond acceptors (Lipinski definition) is 4. The zero-order valence-electron chi connectivity index (χ0n) is 15.4. The van der Waals surface area contributed by atoms with E-state index in [-0.39, 0.29) is 24.4 Å². The van der Waals surface area contributed by atoms with E-state index in [1.165, 1.54) is 31.4 Å². The lowest BCUT2D eigenvalue weighted by Gasteiger charge is -2.12. The normalized spacial score (nSPS) is 14.7. The number of carbonyl (C=O) groups excluding carboxylic acids is 2. The third-order valence-corrected chi connectivity index (χ3v) is 4.70. The molecule has 1 aliphatic heterocycles. The van der Waals surface area contributed by atoms with Gasteiger partial charge in [-0.3, -0.25) is 9.69 Å². The maximum atomic E-state index is 13.9. The molecular formula is C21H16BrFN2O4. The van der Waals surface area contributed by atoms with Crippen LogP contribution in [-0.2, 0) is 11.3 Å². The van der Waals surface area contributed by atoms with Crippen LogP contribution in [0.4, 0.5) is 9.18 Å². The molecule has 2 aromatic rings. The first-order valence-corrected chi connectivity index (χ1v) is 9.25. The Kier molecular flexibility index (Phi) is 6.20. The minimum Gasteiger partial charge on any atom is -0.493 e. The van der Waals surface area contributed by atoms with Gasteiger partial charge in [-0.15, -0.1) is 6.42 Å². The fraction of sp³-hybridized carbons (Fsp3) is 0.143. The largest absolute Gasteiger partial charge is 0.493 e. The Hall–Kier alpha value is -3.31. The van der Waals surface area contributed by atoms with Crippen molar-refractivity contribution < 1.29 is 23.5 Å². The van der Waals surface area contributed by atoms with Crippen LogP contribution in [0.3, 0.4) is 0 Å². The molecule has 0 saturated carbocycles. The molecule has 0 radical (unpaired) electrons. The van der Waals surface area contributed by atoms with Crippen molar-refractivity contribution >= 4 is 33.9 Å². The van der Waals surface area contributed by atoms with Crippen LogP contribution in [0.5, 0.6) is 11.5 Å². The number of hydrogen-bond donors (Lipinski definition) is 1. The summed E-state index contributed by atoms with van der Waals surface area (Å²) >= 11 is 3.38. The third kappa shape index (κ3) is 4.41. The average Bonchev–Trinajstić information content (AvgIpc) is 2.95. The molecule has 1 fully saturated rings. The van der Waals surface area contributed by atoms with Gasteiger partial charge in [0.1, 0.15) is 18.1 Å². The SMILES string of the molecule is C#CCOc1c(Br)cc(/C=C2\NC(=O)N(Cc3ccccc3F)C2=O)cc1OC. The first-order valence-electron chi connectivity index (χ1n) is 8.46. The summed E-state index contributed by atoms with van der Waals surface area (Å²) in [6.07, 6.45) is 6.72. The number of benzene rings is 2. The predicted molar refractivity (Wildman–Crippen MR) is 108 cm³/mol. The van der Waals surface area contributed by atoms with Crippen LogP contribution in [0.1, 0.15) is 11.1 Å². The summed E-state index contributed by atoms with van der Waals surface area (Å²) in [5, 5.41) is 2.51. The number of rotatable bonds is 6. The number of amides is 3. The monoisotopic (exact) mass is 458 g/mol. The van der Waals surface area contributed by atoms with Crippen LogP contribution in [-0.4, -0.2) is 30.6 Å². The summed E-state index contributed by atoms with van der Waals surface area (Å²) in [6.45, 7) is -0.102. The molecule has 148 valence electrons. The molecule has 0 aromatic heterocycles. The number of imide groups is 1. The standard InChI is InChI=1S/C21H16BrFN2O4/c1-3-8-29-19-15(22)9-13(11-18(19)28-2)10-17-20(26)25(21(27)24-17)12-14-6-4-5-7-16(14)23/h1,4-7,9-11H,8,12H2,2H3,(H,24,27)/b17-10-. The summed E-state index contributed by atoms with van der Waals surface area (Å²) in [5.41, 5.74) is 0.896. The van der Waals surface area contributed by atoms with Gasteiger partial charge in [0.15, 0.2) is 11.5 Å². The lowest BCUT2D eigenvalue weighted by molar-refractivity contribution is -0.123. The van der Waals surface area contributed by atoms with Gasteiger partial charge in [-0.2, -0.15) is 0 Å². The molecule has 0 bridgehead atoms. The van der Waals surface area contributed by atoms with E-state index in [4.69, 9.17) is 15.9 Å². The minimum atomic E-state index is -0.621. The van der Waals surface area contributed by atoms with Gasteiger partial charge in [0, 0.05) is 5.56 Å². The van der Waals surface area contributed by atoms with Gasteiger partial charge < -0.3 is 14.8 Å².